The number of carbonyl (C=O) groups excluding carboxylic acids is 3. The van der Waals surface area contributed by atoms with Gasteiger partial charge < -0.3 is 15.1 Å². The molecule has 2 saturated heterocycles. The van der Waals surface area contributed by atoms with Crippen LogP contribution in [0.1, 0.15) is 18.4 Å². The molecule has 1 unspecified atom stereocenters. The van der Waals surface area contributed by atoms with Crippen molar-refractivity contribution in [2.24, 2.45) is 0 Å². The van der Waals surface area contributed by atoms with E-state index in [9.17, 15) is 14.4 Å². The van der Waals surface area contributed by atoms with Crippen LogP contribution in [0.4, 0.5) is 5.69 Å². The van der Waals surface area contributed by atoms with Gasteiger partial charge in [0.1, 0.15) is 19.1 Å². The predicted molar refractivity (Wildman–Crippen MR) is 88.8 cm³/mol. The largest absolute Gasteiger partial charge is 0.329 e. The van der Waals surface area contributed by atoms with E-state index in [0.29, 0.717) is 18.7 Å². The van der Waals surface area contributed by atoms with Crippen molar-refractivity contribution in [2.75, 3.05) is 25.0 Å². The molecule has 1 N–H and O–H groups in total. The minimum Gasteiger partial charge on any atom is -0.329 e. The third kappa shape index (κ3) is 3.24. The van der Waals surface area contributed by atoms with Crippen LogP contribution in [0.5, 0.6) is 0 Å². The van der Waals surface area contributed by atoms with Crippen LogP contribution in [0.2, 0.25) is 0 Å². The number of carbonyl (C=O) groups is 3. The van der Waals surface area contributed by atoms with Crippen molar-refractivity contribution in [1.29, 1.82) is 0 Å². The second-order valence-electron chi connectivity index (χ2n) is 5.95. The minimum absolute atomic E-state index is 0.0118. The molecule has 6 nitrogen and oxygen atoms in total. The standard InChI is InChI=1S/C16H18BrN3O3/c1-10-7-11(4-5-12(10)17)18-14(21)8-19-9-15(22)20-6-2-3-13(20)16(19)23/h4-5,7,13H,2-3,6,8-9H2,1H3,(H,18,21). The molecule has 2 fully saturated rings. The van der Waals surface area contributed by atoms with Crippen LogP contribution in [0.25, 0.3) is 0 Å². The average molecular weight is 380 g/mol. The topological polar surface area (TPSA) is 69.7 Å². The van der Waals surface area contributed by atoms with Crippen LogP contribution >= 0.6 is 15.9 Å². The Balaban J connectivity index is 1.64. The molecule has 0 spiro atoms. The van der Waals surface area contributed by atoms with Crippen molar-refractivity contribution in [3.05, 3.63) is 28.2 Å². The molecule has 7 heteroatoms. The summed E-state index contributed by atoms with van der Waals surface area (Å²) in [5.74, 6) is -0.483. The maximum atomic E-state index is 12.4. The van der Waals surface area contributed by atoms with Crippen molar-refractivity contribution >= 4 is 39.3 Å². The highest BCUT2D eigenvalue weighted by Crippen LogP contribution is 2.24. The van der Waals surface area contributed by atoms with Gasteiger partial charge in [0.05, 0.1) is 0 Å². The van der Waals surface area contributed by atoms with Crippen LogP contribution in [-0.4, -0.2) is 53.2 Å². The van der Waals surface area contributed by atoms with E-state index < -0.39 is 0 Å². The smallest absolute Gasteiger partial charge is 0.246 e. The molecule has 0 aromatic heterocycles. The lowest BCUT2D eigenvalue weighted by Gasteiger charge is -2.35. The number of piperazine rings is 1. The lowest BCUT2D eigenvalue weighted by atomic mass is 10.1. The predicted octanol–water partition coefficient (Wildman–Crippen LogP) is 1.53. The van der Waals surface area contributed by atoms with E-state index in [-0.39, 0.29) is 36.9 Å². The summed E-state index contributed by atoms with van der Waals surface area (Å²) in [6.45, 7) is 2.47. The van der Waals surface area contributed by atoms with E-state index in [0.717, 1.165) is 16.5 Å². The maximum absolute atomic E-state index is 12.4. The second kappa shape index (κ2) is 6.31. The van der Waals surface area contributed by atoms with Crippen molar-refractivity contribution in [3.8, 4) is 0 Å². The molecule has 2 aliphatic heterocycles. The zero-order valence-corrected chi connectivity index (χ0v) is 14.4. The van der Waals surface area contributed by atoms with Gasteiger partial charge >= 0.3 is 0 Å². The molecular formula is C16H18BrN3O3. The van der Waals surface area contributed by atoms with Crippen molar-refractivity contribution < 1.29 is 14.4 Å². The number of aryl methyl sites for hydroxylation is 1. The molecule has 122 valence electrons. The Hall–Kier alpha value is -1.89. The van der Waals surface area contributed by atoms with Gasteiger partial charge in [-0.15, -0.1) is 0 Å². The number of fused-ring (bicyclic) bond motifs is 1. The first-order chi connectivity index (χ1) is 11.0. The first-order valence-corrected chi connectivity index (χ1v) is 8.39. The molecule has 1 atom stereocenters. The number of hydrogen-bond donors (Lipinski definition) is 1. The summed E-state index contributed by atoms with van der Waals surface area (Å²) in [5, 5.41) is 2.77. The lowest BCUT2D eigenvalue weighted by Crippen LogP contribution is -2.58. The molecule has 1 aromatic carbocycles. The highest BCUT2D eigenvalue weighted by atomic mass is 79.9. The Kier molecular flexibility index (Phi) is 4.39. The highest BCUT2D eigenvalue weighted by Gasteiger charge is 2.42. The fourth-order valence-corrected chi connectivity index (χ4v) is 3.34. The highest BCUT2D eigenvalue weighted by molar-refractivity contribution is 9.10. The van der Waals surface area contributed by atoms with Crippen LogP contribution in [0, 0.1) is 6.92 Å². The molecule has 1 aromatic rings. The van der Waals surface area contributed by atoms with Gasteiger partial charge in [0.2, 0.25) is 17.7 Å². The van der Waals surface area contributed by atoms with E-state index in [1.165, 1.54) is 4.90 Å². The summed E-state index contributed by atoms with van der Waals surface area (Å²) >= 11 is 3.41. The minimum atomic E-state index is -0.376. The lowest BCUT2D eigenvalue weighted by molar-refractivity contribution is -0.154. The summed E-state index contributed by atoms with van der Waals surface area (Å²) in [6.07, 6.45) is 1.54. The van der Waals surface area contributed by atoms with Crippen molar-refractivity contribution in [3.63, 3.8) is 0 Å². The first-order valence-electron chi connectivity index (χ1n) is 7.60. The molecule has 2 heterocycles. The summed E-state index contributed by atoms with van der Waals surface area (Å²) in [6, 6.07) is 5.12. The van der Waals surface area contributed by atoms with Gasteiger partial charge in [-0.1, -0.05) is 15.9 Å². The molecule has 2 aliphatic rings. The molecule has 0 saturated carbocycles. The molecule has 0 radical (unpaired) electrons. The van der Waals surface area contributed by atoms with Crippen molar-refractivity contribution in [1.82, 2.24) is 9.80 Å². The Labute approximate surface area is 142 Å². The SMILES string of the molecule is Cc1cc(NC(=O)CN2CC(=O)N3CCCC3C2=O)ccc1Br. The van der Waals surface area contributed by atoms with Gasteiger partial charge in [0.25, 0.3) is 0 Å². The fourth-order valence-electron chi connectivity index (χ4n) is 3.09. The van der Waals surface area contributed by atoms with Gasteiger partial charge in [-0.05, 0) is 43.5 Å². The quantitative estimate of drug-likeness (QED) is 0.865. The monoisotopic (exact) mass is 379 g/mol. The molecule has 3 rings (SSSR count). The Morgan fingerprint density at radius 1 is 1.39 bits per heavy atom. The number of anilines is 1. The Morgan fingerprint density at radius 3 is 2.91 bits per heavy atom. The Bertz CT molecular complexity index is 677. The molecular weight excluding hydrogens is 362 g/mol. The van der Waals surface area contributed by atoms with Crippen LogP contribution in [0.15, 0.2) is 22.7 Å². The zero-order valence-electron chi connectivity index (χ0n) is 12.8. The third-order valence-electron chi connectivity index (χ3n) is 4.27. The van der Waals surface area contributed by atoms with Crippen molar-refractivity contribution in [2.45, 2.75) is 25.8 Å². The van der Waals surface area contributed by atoms with Gasteiger partial charge in [-0.25, -0.2) is 0 Å². The molecule has 3 amide bonds. The summed E-state index contributed by atoms with van der Waals surface area (Å²) in [7, 11) is 0. The van der Waals surface area contributed by atoms with Crippen LogP contribution in [0.3, 0.4) is 0 Å². The molecule has 0 bridgehead atoms. The Morgan fingerprint density at radius 2 is 2.17 bits per heavy atom. The number of amides is 3. The third-order valence-corrected chi connectivity index (χ3v) is 5.16. The second-order valence-corrected chi connectivity index (χ2v) is 6.81. The van der Waals surface area contributed by atoms with E-state index >= 15 is 0 Å². The normalized spacial score (nSPS) is 20.7. The van der Waals surface area contributed by atoms with E-state index in [1.54, 1.807) is 11.0 Å². The molecule has 23 heavy (non-hydrogen) atoms. The van der Waals surface area contributed by atoms with Crippen LogP contribution in [-0.2, 0) is 14.4 Å². The average Bonchev–Trinajstić information content (AvgIpc) is 2.98. The summed E-state index contributed by atoms with van der Waals surface area (Å²) < 4.78 is 0.966. The number of nitrogens with zero attached hydrogens (tertiary/aromatic N) is 2. The maximum Gasteiger partial charge on any atom is 0.246 e. The zero-order chi connectivity index (χ0) is 16.6. The number of rotatable bonds is 3. The number of benzene rings is 1. The number of nitrogens with one attached hydrogen (secondary N) is 1. The summed E-state index contributed by atoms with van der Waals surface area (Å²) in [5.41, 5.74) is 1.68. The number of halogens is 1. The fraction of sp³-hybridized carbons (Fsp3) is 0.438. The van der Waals surface area contributed by atoms with Gasteiger partial charge in [-0.2, -0.15) is 0 Å². The number of hydrogen-bond acceptors (Lipinski definition) is 3. The van der Waals surface area contributed by atoms with Gasteiger partial charge in [-0.3, -0.25) is 14.4 Å². The van der Waals surface area contributed by atoms with E-state index in [4.69, 9.17) is 0 Å². The first kappa shape index (κ1) is 16.0. The van der Waals surface area contributed by atoms with E-state index in [1.807, 2.05) is 19.1 Å². The van der Waals surface area contributed by atoms with Gasteiger partial charge in [0, 0.05) is 16.7 Å². The van der Waals surface area contributed by atoms with Gasteiger partial charge in [0.15, 0.2) is 0 Å². The summed E-state index contributed by atoms with van der Waals surface area (Å²) in [4.78, 5) is 39.6. The molecule has 0 aliphatic carbocycles. The van der Waals surface area contributed by atoms with Crippen LogP contribution < -0.4 is 5.32 Å². The van der Waals surface area contributed by atoms with E-state index in [2.05, 4.69) is 21.2 Å².